The van der Waals surface area contributed by atoms with Crippen LogP contribution in [-0.2, 0) is 22.7 Å². The Kier molecular flexibility index (Phi) is 7.32. The van der Waals surface area contributed by atoms with Gasteiger partial charge < -0.3 is 20.4 Å². The molecule has 0 aliphatic carbocycles. The topological polar surface area (TPSA) is 93.8 Å². The largest absolute Gasteiger partial charge is 0.322 e. The predicted octanol–water partition coefficient (Wildman–Crippen LogP) is 0.613. The lowest BCUT2D eigenvalue weighted by Gasteiger charge is -2.29. The van der Waals surface area contributed by atoms with Crippen LogP contribution in [0.1, 0.15) is 53.6 Å². The molecule has 0 bridgehead atoms. The summed E-state index contributed by atoms with van der Waals surface area (Å²) in [7, 11) is 0. The van der Waals surface area contributed by atoms with Gasteiger partial charge in [-0.2, -0.15) is 0 Å². The molecule has 2 fully saturated rings. The number of piperidine rings is 1. The van der Waals surface area contributed by atoms with Crippen LogP contribution in [0.4, 0.5) is 0 Å². The number of imide groups is 1. The van der Waals surface area contributed by atoms with Gasteiger partial charge in [0.15, 0.2) is 0 Å². The molecule has 1 aromatic rings. The zero-order valence-electron chi connectivity index (χ0n) is 18.1. The number of piperazine rings is 1. The summed E-state index contributed by atoms with van der Waals surface area (Å²) in [6.45, 7) is 7.82. The van der Waals surface area contributed by atoms with Gasteiger partial charge in [0.25, 0.3) is 5.91 Å². The number of amides is 3. The van der Waals surface area contributed by atoms with E-state index in [1.165, 1.54) is 19.4 Å². The van der Waals surface area contributed by atoms with E-state index in [-0.39, 0.29) is 24.1 Å². The van der Waals surface area contributed by atoms with E-state index >= 15 is 0 Å². The summed E-state index contributed by atoms with van der Waals surface area (Å²) in [5, 5.41) is 9.26. The van der Waals surface area contributed by atoms with Crippen molar-refractivity contribution in [3.05, 3.63) is 34.9 Å². The van der Waals surface area contributed by atoms with Crippen LogP contribution in [-0.4, -0.2) is 72.8 Å². The summed E-state index contributed by atoms with van der Waals surface area (Å²) >= 11 is 0. The molecule has 8 nitrogen and oxygen atoms in total. The summed E-state index contributed by atoms with van der Waals surface area (Å²) < 4.78 is 0. The monoisotopic (exact) mass is 427 g/mol. The van der Waals surface area contributed by atoms with Gasteiger partial charge in [0, 0.05) is 51.3 Å². The molecule has 3 aliphatic rings. The number of hydrogen-bond donors (Lipinski definition) is 3. The summed E-state index contributed by atoms with van der Waals surface area (Å²) in [4.78, 5) is 40.7. The number of carbonyl (C=O) groups is 3. The van der Waals surface area contributed by atoms with Gasteiger partial charge in [0.05, 0.1) is 0 Å². The first-order valence-electron chi connectivity index (χ1n) is 11.5. The standard InChI is InChI=1S/C23H33N5O3/c29-21-8-7-20(22(30)26-21)28-16-19-17(5-4-6-18(19)23(28)31)15-25-9-2-1-3-12-27-13-10-24-11-14-27/h4-6,20,24-25H,1-3,7-16H2,(H,26,29,30). The van der Waals surface area contributed by atoms with E-state index in [0.717, 1.165) is 56.8 Å². The Hall–Kier alpha value is -2.29. The molecule has 1 aromatic carbocycles. The molecule has 2 saturated heterocycles. The van der Waals surface area contributed by atoms with Crippen molar-refractivity contribution in [2.24, 2.45) is 0 Å². The smallest absolute Gasteiger partial charge is 0.255 e. The molecule has 0 spiro atoms. The first-order valence-corrected chi connectivity index (χ1v) is 11.5. The van der Waals surface area contributed by atoms with Crippen molar-refractivity contribution in [3.63, 3.8) is 0 Å². The van der Waals surface area contributed by atoms with Crippen molar-refractivity contribution in [2.45, 2.75) is 51.2 Å². The minimum atomic E-state index is -0.561. The number of hydrogen-bond acceptors (Lipinski definition) is 6. The number of fused-ring (bicyclic) bond motifs is 1. The number of benzene rings is 1. The summed E-state index contributed by atoms with van der Waals surface area (Å²) in [6, 6.07) is 5.24. The molecule has 4 rings (SSSR count). The summed E-state index contributed by atoms with van der Waals surface area (Å²) in [5.41, 5.74) is 2.80. The van der Waals surface area contributed by atoms with Crippen molar-refractivity contribution in [1.82, 2.24) is 25.8 Å². The number of nitrogens with one attached hydrogen (secondary N) is 3. The highest BCUT2D eigenvalue weighted by Gasteiger charge is 2.39. The van der Waals surface area contributed by atoms with Crippen LogP contribution in [0.3, 0.4) is 0 Å². The van der Waals surface area contributed by atoms with E-state index in [9.17, 15) is 14.4 Å². The van der Waals surface area contributed by atoms with Gasteiger partial charge in [-0.15, -0.1) is 0 Å². The second-order valence-electron chi connectivity index (χ2n) is 8.67. The summed E-state index contributed by atoms with van der Waals surface area (Å²) in [5.74, 6) is -0.736. The lowest BCUT2D eigenvalue weighted by atomic mass is 10.0. The fourth-order valence-corrected chi connectivity index (χ4v) is 4.74. The Morgan fingerprint density at radius 3 is 2.71 bits per heavy atom. The number of unbranched alkanes of at least 4 members (excludes halogenated alkanes) is 2. The highest BCUT2D eigenvalue weighted by atomic mass is 16.2. The van der Waals surface area contributed by atoms with Crippen LogP contribution < -0.4 is 16.0 Å². The van der Waals surface area contributed by atoms with Gasteiger partial charge >= 0.3 is 0 Å². The summed E-state index contributed by atoms with van der Waals surface area (Å²) in [6.07, 6.45) is 4.26. The molecule has 0 aromatic heterocycles. The zero-order chi connectivity index (χ0) is 21.6. The SMILES string of the molecule is O=C1CCC(N2Cc3c(CNCCCCCN4CCNCC4)cccc3C2=O)C(=O)N1. The first-order chi connectivity index (χ1) is 15.1. The predicted molar refractivity (Wildman–Crippen MR) is 117 cm³/mol. The lowest BCUT2D eigenvalue weighted by Crippen LogP contribution is -2.52. The highest BCUT2D eigenvalue weighted by Crippen LogP contribution is 2.29. The minimum absolute atomic E-state index is 0.112. The van der Waals surface area contributed by atoms with Gasteiger partial charge in [0.1, 0.15) is 6.04 Å². The molecule has 1 atom stereocenters. The average Bonchev–Trinajstić information content (AvgIpc) is 3.11. The van der Waals surface area contributed by atoms with Crippen LogP contribution in [0.15, 0.2) is 18.2 Å². The van der Waals surface area contributed by atoms with Crippen molar-refractivity contribution in [2.75, 3.05) is 39.3 Å². The number of carbonyl (C=O) groups excluding carboxylic acids is 3. The maximum Gasteiger partial charge on any atom is 0.255 e. The molecule has 31 heavy (non-hydrogen) atoms. The van der Waals surface area contributed by atoms with Crippen molar-refractivity contribution < 1.29 is 14.4 Å². The van der Waals surface area contributed by atoms with E-state index < -0.39 is 6.04 Å². The second kappa shape index (κ2) is 10.3. The molecule has 3 aliphatic heterocycles. The van der Waals surface area contributed by atoms with Crippen LogP contribution in [0.25, 0.3) is 0 Å². The molecular formula is C23H33N5O3. The Morgan fingerprint density at radius 1 is 1.06 bits per heavy atom. The molecule has 168 valence electrons. The fourth-order valence-electron chi connectivity index (χ4n) is 4.74. The molecular weight excluding hydrogens is 394 g/mol. The maximum absolute atomic E-state index is 12.9. The minimum Gasteiger partial charge on any atom is -0.322 e. The van der Waals surface area contributed by atoms with Crippen LogP contribution in [0.5, 0.6) is 0 Å². The van der Waals surface area contributed by atoms with E-state index in [4.69, 9.17) is 0 Å². The van der Waals surface area contributed by atoms with Gasteiger partial charge in [-0.3, -0.25) is 19.7 Å². The molecule has 8 heteroatoms. The zero-order valence-corrected chi connectivity index (χ0v) is 18.1. The fraction of sp³-hybridized carbons (Fsp3) is 0.609. The molecule has 3 amide bonds. The Morgan fingerprint density at radius 2 is 1.90 bits per heavy atom. The highest BCUT2D eigenvalue weighted by molar-refractivity contribution is 6.05. The maximum atomic E-state index is 12.9. The molecule has 3 N–H and O–H groups in total. The Balaban J connectivity index is 1.23. The van der Waals surface area contributed by atoms with Crippen molar-refractivity contribution in [3.8, 4) is 0 Å². The quantitative estimate of drug-likeness (QED) is 0.395. The van der Waals surface area contributed by atoms with Gasteiger partial charge in [-0.25, -0.2) is 0 Å². The number of rotatable bonds is 9. The van der Waals surface area contributed by atoms with E-state index in [1.54, 1.807) is 4.90 Å². The van der Waals surface area contributed by atoms with E-state index in [0.29, 0.717) is 18.5 Å². The van der Waals surface area contributed by atoms with Gasteiger partial charge in [0.2, 0.25) is 11.8 Å². The van der Waals surface area contributed by atoms with Gasteiger partial charge in [-0.05, 0) is 49.5 Å². The first kappa shape index (κ1) is 21.9. The van der Waals surface area contributed by atoms with E-state index in [2.05, 4.69) is 26.9 Å². The van der Waals surface area contributed by atoms with Crippen molar-refractivity contribution in [1.29, 1.82) is 0 Å². The molecule has 0 saturated carbocycles. The van der Waals surface area contributed by atoms with Gasteiger partial charge in [-0.1, -0.05) is 18.6 Å². The molecule has 3 heterocycles. The van der Waals surface area contributed by atoms with Crippen LogP contribution in [0.2, 0.25) is 0 Å². The second-order valence-corrected chi connectivity index (χ2v) is 8.67. The normalized spacial score (nSPS) is 22.0. The van der Waals surface area contributed by atoms with Crippen LogP contribution in [0, 0.1) is 0 Å². The third-order valence-corrected chi connectivity index (χ3v) is 6.53. The third kappa shape index (κ3) is 5.31. The van der Waals surface area contributed by atoms with Crippen molar-refractivity contribution >= 4 is 17.7 Å². The Labute approximate surface area is 183 Å². The van der Waals surface area contributed by atoms with Crippen LogP contribution >= 0.6 is 0 Å². The average molecular weight is 428 g/mol. The lowest BCUT2D eigenvalue weighted by molar-refractivity contribution is -0.136. The molecule has 1 unspecified atom stereocenters. The number of nitrogens with zero attached hydrogens (tertiary/aromatic N) is 2. The third-order valence-electron chi connectivity index (χ3n) is 6.53. The Bertz CT molecular complexity index is 821. The van der Waals surface area contributed by atoms with E-state index in [1.807, 2.05) is 12.1 Å². The molecule has 0 radical (unpaired) electrons.